The second-order valence-corrected chi connectivity index (χ2v) is 11.1. The largest absolute Gasteiger partial charge is 0.356 e. The van der Waals surface area contributed by atoms with Crippen molar-refractivity contribution >= 4 is 40.3 Å². The molecule has 4 rings (SSSR count). The predicted molar refractivity (Wildman–Crippen MR) is 150 cm³/mol. The molecule has 0 aliphatic carbocycles. The SMILES string of the molecule is CC(C)(C)NC(=O)C(=O)C(C[C@@H]1CCNC1=O)NC(=O)[C@H](Cc1ccccc1)NC(=O)c1cc2ccccc2[nH]1. The summed E-state index contributed by atoms with van der Waals surface area (Å²) in [5.74, 6) is -3.56. The second kappa shape index (κ2) is 12.1. The van der Waals surface area contributed by atoms with Gasteiger partial charge in [0, 0.05) is 35.3 Å². The first-order valence-corrected chi connectivity index (χ1v) is 13.4. The van der Waals surface area contributed by atoms with Gasteiger partial charge in [-0.05, 0) is 51.3 Å². The molecule has 1 aliphatic heterocycles. The van der Waals surface area contributed by atoms with Gasteiger partial charge < -0.3 is 26.3 Å². The van der Waals surface area contributed by atoms with Crippen LogP contribution in [0, 0.1) is 5.92 Å². The fourth-order valence-electron chi connectivity index (χ4n) is 4.71. The number of rotatable bonds is 10. The summed E-state index contributed by atoms with van der Waals surface area (Å²) in [6.07, 6.45) is 0.615. The Labute approximate surface area is 232 Å². The number of ketones is 1. The van der Waals surface area contributed by atoms with Crippen molar-refractivity contribution in [2.45, 2.75) is 57.7 Å². The van der Waals surface area contributed by atoms with Gasteiger partial charge in [0.2, 0.25) is 17.6 Å². The van der Waals surface area contributed by atoms with Crippen molar-refractivity contribution < 1.29 is 24.0 Å². The summed E-state index contributed by atoms with van der Waals surface area (Å²) >= 11 is 0. The summed E-state index contributed by atoms with van der Waals surface area (Å²) in [7, 11) is 0. The van der Waals surface area contributed by atoms with Gasteiger partial charge in [0.15, 0.2) is 0 Å². The van der Waals surface area contributed by atoms with Gasteiger partial charge in [0.1, 0.15) is 11.7 Å². The fraction of sp³-hybridized carbons (Fsp3) is 0.367. The number of nitrogens with one attached hydrogen (secondary N) is 5. The van der Waals surface area contributed by atoms with Crippen LogP contribution in [0.15, 0.2) is 60.7 Å². The Hall–Kier alpha value is -4.47. The highest BCUT2D eigenvalue weighted by atomic mass is 16.2. The van der Waals surface area contributed by atoms with Crippen LogP contribution in [0.4, 0.5) is 0 Å². The van der Waals surface area contributed by atoms with E-state index < -0.39 is 47.0 Å². The van der Waals surface area contributed by atoms with E-state index in [1.807, 2.05) is 54.6 Å². The van der Waals surface area contributed by atoms with Crippen LogP contribution in [0.2, 0.25) is 0 Å². The molecule has 0 bridgehead atoms. The third kappa shape index (κ3) is 7.34. The Morgan fingerprint density at radius 3 is 2.30 bits per heavy atom. The molecule has 210 valence electrons. The summed E-state index contributed by atoms with van der Waals surface area (Å²) in [4.78, 5) is 68.2. The number of aromatic nitrogens is 1. The van der Waals surface area contributed by atoms with Crippen molar-refractivity contribution in [3.63, 3.8) is 0 Å². The van der Waals surface area contributed by atoms with E-state index in [0.29, 0.717) is 13.0 Å². The maximum atomic E-state index is 13.6. The smallest absolute Gasteiger partial charge is 0.290 e. The summed E-state index contributed by atoms with van der Waals surface area (Å²) in [5, 5.41) is 11.7. The number of amides is 4. The maximum absolute atomic E-state index is 13.6. The standard InChI is InChI=1S/C30H35N5O5/c1-30(2,3)35-29(40)25(36)22(17-20-13-14-31-26(20)37)33-27(38)23(15-18-9-5-4-6-10-18)34-28(39)24-16-19-11-7-8-12-21(19)32-24/h4-12,16,20,22-23,32H,13-15,17H2,1-3H3,(H,31,37)(H,33,38)(H,34,39)(H,35,40)/t20-,22?,23-/m0/s1. The molecule has 1 unspecified atom stereocenters. The van der Waals surface area contributed by atoms with E-state index in [-0.39, 0.29) is 24.4 Å². The van der Waals surface area contributed by atoms with Gasteiger partial charge in [-0.15, -0.1) is 0 Å². The molecule has 40 heavy (non-hydrogen) atoms. The van der Waals surface area contributed by atoms with Gasteiger partial charge in [-0.1, -0.05) is 48.5 Å². The number of para-hydroxylation sites is 1. The number of fused-ring (bicyclic) bond motifs is 1. The average Bonchev–Trinajstić information content (AvgIpc) is 3.53. The lowest BCUT2D eigenvalue weighted by Gasteiger charge is -2.26. The summed E-state index contributed by atoms with van der Waals surface area (Å²) < 4.78 is 0. The molecular weight excluding hydrogens is 510 g/mol. The molecule has 4 amide bonds. The lowest BCUT2D eigenvalue weighted by atomic mass is 9.94. The maximum Gasteiger partial charge on any atom is 0.290 e. The van der Waals surface area contributed by atoms with Crippen LogP contribution < -0.4 is 21.3 Å². The summed E-state index contributed by atoms with van der Waals surface area (Å²) in [6, 6.07) is 16.0. The number of benzene rings is 2. The molecule has 5 N–H and O–H groups in total. The number of carbonyl (C=O) groups excluding carboxylic acids is 5. The Bertz CT molecular complexity index is 1380. The number of Topliss-reactive ketones (excluding diaryl/α,β-unsaturated/α-hetero) is 1. The third-order valence-electron chi connectivity index (χ3n) is 6.71. The van der Waals surface area contributed by atoms with E-state index in [2.05, 4.69) is 26.3 Å². The molecule has 10 nitrogen and oxygen atoms in total. The van der Waals surface area contributed by atoms with E-state index in [0.717, 1.165) is 16.5 Å². The van der Waals surface area contributed by atoms with Gasteiger partial charge in [0.05, 0.1) is 6.04 Å². The second-order valence-electron chi connectivity index (χ2n) is 11.1. The van der Waals surface area contributed by atoms with Crippen LogP contribution in [-0.2, 0) is 25.6 Å². The lowest BCUT2D eigenvalue weighted by molar-refractivity contribution is -0.141. The van der Waals surface area contributed by atoms with Crippen molar-refractivity contribution in [3.05, 3.63) is 71.9 Å². The Morgan fingerprint density at radius 2 is 1.65 bits per heavy atom. The average molecular weight is 546 g/mol. The van der Waals surface area contributed by atoms with Crippen LogP contribution in [-0.4, -0.2) is 58.6 Å². The fourth-order valence-corrected chi connectivity index (χ4v) is 4.71. The van der Waals surface area contributed by atoms with Gasteiger partial charge >= 0.3 is 0 Å². The Kier molecular flexibility index (Phi) is 8.67. The molecule has 0 radical (unpaired) electrons. The predicted octanol–water partition coefficient (Wildman–Crippen LogP) is 2.00. The normalized spacial score (nSPS) is 16.6. The minimum Gasteiger partial charge on any atom is -0.356 e. The van der Waals surface area contributed by atoms with Crippen molar-refractivity contribution in [2.24, 2.45) is 5.92 Å². The highest BCUT2D eigenvalue weighted by molar-refractivity contribution is 6.38. The Balaban J connectivity index is 1.57. The molecular formula is C30H35N5O5. The minimum absolute atomic E-state index is 0.0258. The van der Waals surface area contributed by atoms with Crippen molar-refractivity contribution in [2.75, 3.05) is 6.54 Å². The molecule has 3 aromatic rings. The number of hydrogen-bond acceptors (Lipinski definition) is 5. The van der Waals surface area contributed by atoms with Gasteiger partial charge in [-0.25, -0.2) is 0 Å². The number of hydrogen-bond donors (Lipinski definition) is 5. The molecule has 2 heterocycles. The first-order valence-electron chi connectivity index (χ1n) is 13.4. The Morgan fingerprint density at radius 1 is 0.950 bits per heavy atom. The minimum atomic E-state index is -1.24. The number of H-pyrrole nitrogens is 1. The molecule has 0 spiro atoms. The molecule has 3 atom stereocenters. The molecule has 1 fully saturated rings. The molecule has 1 aromatic heterocycles. The monoisotopic (exact) mass is 545 g/mol. The molecule has 10 heteroatoms. The highest BCUT2D eigenvalue weighted by Gasteiger charge is 2.36. The first-order chi connectivity index (χ1) is 19.0. The van der Waals surface area contributed by atoms with E-state index in [1.165, 1.54) is 0 Å². The van der Waals surface area contributed by atoms with Gasteiger partial charge in [-0.3, -0.25) is 24.0 Å². The zero-order valence-electron chi connectivity index (χ0n) is 22.9. The van der Waals surface area contributed by atoms with E-state index in [4.69, 9.17) is 0 Å². The molecule has 2 aromatic carbocycles. The van der Waals surface area contributed by atoms with Crippen LogP contribution >= 0.6 is 0 Å². The lowest BCUT2D eigenvalue weighted by Crippen LogP contribution is -2.56. The van der Waals surface area contributed by atoms with Crippen molar-refractivity contribution in [1.29, 1.82) is 0 Å². The van der Waals surface area contributed by atoms with Crippen molar-refractivity contribution in [1.82, 2.24) is 26.3 Å². The molecule has 1 aliphatic rings. The first kappa shape index (κ1) is 28.5. The summed E-state index contributed by atoms with van der Waals surface area (Å²) in [6.45, 7) is 5.69. The number of aromatic amines is 1. The number of carbonyl (C=O) groups is 5. The highest BCUT2D eigenvalue weighted by Crippen LogP contribution is 2.18. The zero-order chi connectivity index (χ0) is 28.9. The molecule has 1 saturated heterocycles. The topological polar surface area (TPSA) is 149 Å². The van der Waals surface area contributed by atoms with Crippen LogP contribution in [0.3, 0.4) is 0 Å². The van der Waals surface area contributed by atoms with Gasteiger partial charge in [0.25, 0.3) is 11.8 Å². The van der Waals surface area contributed by atoms with Crippen LogP contribution in [0.1, 0.15) is 49.7 Å². The molecule has 0 saturated carbocycles. The van der Waals surface area contributed by atoms with Gasteiger partial charge in [-0.2, -0.15) is 0 Å². The van der Waals surface area contributed by atoms with Crippen LogP contribution in [0.5, 0.6) is 0 Å². The third-order valence-corrected chi connectivity index (χ3v) is 6.71. The van der Waals surface area contributed by atoms with E-state index >= 15 is 0 Å². The quantitative estimate of drug-likeness (QED) is 0.247. The van der Waals surface area contributed by atoms with E-state index in [9.17, 15) is 24.0 Å². The summed E-state index contributed by atoms with van der Waals surface area (Å²) in [5.41, 5.74) is 1.19. The van der Waals surface area contributed by atoms with Crippen molar-refractivity contribution in [3.8, 4) is 0 Å². The van der Waals surface area contributed by atoms with Crippen LogP contribution in [0.25, 0.3) is 10.9 Å². The van der Waals surface area contributed by atoms with E-state index in [1.54, 1.807) is 26.8 Å². The zero-order valence-corrected chi connectivity index (χ0v) is 22.9.